The van der Waals surface area contributed by atoms with Crippen LogP contribution in [0.1, 0.15) is 49.3 Å². The molecule has 4 N–H and O–H groups in total. The molecule has 3 aliphatic rings. The van der Waals surface area contributed by atoms with Crippen molar-refractivity contribution in [3.05, 3.63) is 82.8 Å². The summed E-state index contributed by atoms with van der Waals surface area (Å²) in [6, 6.07) is 9.51. The van der Waals surface area contributed by atoms with Crippen LogP contribution in [0.15, 0.2) is 66.0 Å². The van der Waals surface area contributed by atoms with E-state index in [2.05, 4.69) is 64.6 Å². The number of pyridine rings is 2. The molecule has 2 atom stereocenters. The van der Waals surface area contributed by atoms with Crippen molar-refractivity contribution in [1.29, 1.82) is 0 Å². The van der Waals surface area contributed by atoms with Gasteiger partial charge in [0.15, 0.2) is 5.65 Å². The molecule has 1 aromatic carbocycles. The van der Waals surface area contributed by atoms with Crippen LogP contribution >= 0.6 is 0 Å². The predicted octanol–water partition coefficient (Wildman–Crippen LogP) is 2.76. The summed E-state index contributed by atoms with van der Waals surface area (Å²) in [6.07, 6.45) is 10.8. The van der Waals surface area contributed by atoms with Gasteiger partial charge in [0.05, 0.1) is 17.2 Å². The van der Waals surface area contributed by atoms with E-state index < -0.39 is 12.1 Å². The highest BCUT2D eigenvalue weighted by atomic mass is 16.2. The van der Waals surface area contributed by atoms with E-state index in [9.17, 15) is 19.2 Å². The number of amides is 4. The highest BCUT2D eigenvalue weighted by molar-refractivity contribution is 5.92. The molecule has 3 aliphatic heterocycles. The Morgan fingerprint density at radius 3 is 2.38 bits per heavy atom. The maximum Gasteiger partial charge on any atom is 0.327 e. The summed E-state index contributed by atoms with van der Waals surface area (Å²) in [6.45, 7) is 9.14. The van der Waals surface area contributed by atoms with Crippen LogP contribution in [0.5, 0.6) is 0 Å². The standard InChI is InChI=1S/C44H59N13O4/c1-30-25-32(26-33-29-47-51-39(30)33)28-36(49-43(60)56-17-10-35(11-18-56)57-38-5-4-12-46-40(38)50-44(57)61)41(58)48-37(27-31-8-15-53(16-9-31)20-19-52(2)3)42(59)55-23-21-54(22-24-55)34-6-13-45-14-7-34/h4-7,12-14,25-26,29,31,35-37H,8-11,15-24,27-28H2,1-3H3,(H,47,51)(H,48,58)(H,49,60)(H,46,50,61). The van der Waals surface area contributed by atoms with Crippen LogP contribution in [-0.2, 0) is 16.0 Å². The molecule has 3 fully saturated rings. The van der Waals surface area contributed by atoms with Crippen LogP contribution in [0.2, 0.25) is 0 Å². The van der Waals surface area contributed by atoms with Crippen molar-refractivity contribution in [2.24, 2.45) is 5.92 Å². The number of aryl methyl sites for hydroxylation is 1. The first-order valence-corrected chi connectivity index (χ1v) is 21.7. The lowest BCUT2D eigenvalue weighted by molar-refractivity contribution is -0.137. The van der Waals surface area contributed by atoms with Gasteiger partial charge in [-0.2, -0.15) is 5.10 Å². The van der Waals surface area contributed by atoms with Crippen molar-refractivity contribution < 1.29 is 14.4 Å². The van der Waals surface area contributed by atoms with Gasteiger partial charge in [-0.3, -0.25) is 29.2 Å². The van der Waals surface area contributed by atoms with Crippen molar-refractivity contribution >= 4 is 45.6 Å². The van der Waals surface area contributed by atoms with E-state index in [-0.39, 0.29) is 41.9 Å². The quantitative estimate of drug-likeness (QED) is 0.138. The Bertz CT molecular complexity index is 2340. The van der Waals surface area contributed by atoms with Gasteiger partial charge >= 0.3 is 11.7 Å². The molecule has 7 heterocycles. The highest BCUT2D eigenvalue weighted by Gasteiger charge is 2.35. The monoisotopic (exact) mass is 833 g/mol. The molecular formula is C44H59N13O4. The number of imidazole rings is 1. The van der Waals surface area contributed by atoms with Gasteiger partial charge in [-0.15, -0.1) is 0 Å². The Balaban J connectivity index is 0.988. The number of nitrogens with one attached hydrogen (secondary N) is 4. The molecule has 61 heavy (non-hydrogen) atoms. The van der Waals surface area contributed by atoms with Crippen LogP contribution in [0.25, 0.3) is 22.1 Å². The smallest absolute Gasteiger partial charge is 0.327 e. The molecule has 0 saturated carbocycles. The number of H-pyrrole nitrogens is 2. The molecule has 3 saturated heterocycles. The average Bonchev–Trinajstić information content (AvgIpc) is 3.90. The summed E-state index contributed by atoms with van der Waals surface area (Å²) in [4.78, 5) is 78.1. The summed E-state index contributed by atoms with van der Waals surface area (Å²) in [5.74, 6) is -0.199. The lowest BCUT2D eigenvalue weighted by Gasteiger charge is -2.39. The number of carbonyl (C=O) groups excluding carboxylic acids is 3. The fourth-order valence-electron chi connectivity index (χ4n) is 9.34. The number of carbonyl (C=O) groups is 3. The zero-order valence-corrected chi connectivity index (χ0v) is 35.6. The first-order chi connectivity index (χ1) is 29.6. The van der Waals surface area contributed by atoms with Gasteiger partial charge in [0.1, 0.15) is 12.1 Å². The Labute approximate surface area is 355 Å². The Kier molecular flexibility index (Phi) is 12.9. The summed E-state index contributed by atoms with van der Waals surface area (Å²) in [5.41, 5.74) is 4.92. The van der Waals surface area contributed by atoms with E-state index in [0.717, 1.165) is 72.3 Å². The lowest BCUT2D eigenvalue weighted by atomic mass is 9.89. The number of hydrogen-bond acceptors (Lipinski definition) is 10. The van der Waals surface area contributed by atoms with Crippen LogP contribution in [-0.4, -0.2) is 159 Å². The van der Waals surface area contributed by atoms with E-state index in [1.807, 2.05) is 48.2 Å². The van der Waals surface area contributed by atoms with E-state index in [4.69, 9.17) is 0 Å². The number of aromatic nitrogens is 6. The fraction of sp³-hybridized carbons (Fsp3) is 0.523. The molecule has 0 radical (unpaired) electrons. The molecule has 2 unspecified atom stereocenters. The third-order valence-corrected chi connectivity index (χ3v) is 12.8. The molecule has 4 amide bonds. The normalized spacial score (nSPS) is 18.2. The Morgan fingerprint density at radius 1 is 0.885 bits per heavy atom. The minimum atomic E-state index is -0.956. The summed E-state index contributed by atoms with van der Waals surface area (Å²) in [5, 5.41) is 14.5. The first kappa shape index (κ1) is 41.9. The van der Waals surface area contributed by atoms with E-state index >= 15 is 0 Å². The van der Waals surface area contributed by atoms with Crippen molar-refractivity contribution in [3.8, 4) is 0 Å². The minimum Gasteiger partial charge on any atom is -0.368 e. The highest BCUT2D eigenvalue weighted by Crippen LogP contribution is 2.27. The van der Waals surface area contributed by atoms with Crippen molar-refractivity contribution in [2.75, 3.05) is 84.4 Å². The second-order valence-electron chi connectivity index (χ2n) is 17.2. The number of benzene rings is 1. The number of anilines is 1. The number of urea groups is 1. The van der Waals surface area contributed by atoms with Gasteiger partial charge < -0.3 is 35.1 Å². The largest absolute Gasteiger partial charge is 0.368 e. The number of nitrogens with zero attached hydrogens (tertiary/aromatic N) is 9. The van der Waals surface area contributed by atoms with Gasteiger partial charge in [-0.25, -0.2) is 14.6 Å². The van der Waals surface area contributed by atoms with Crippen LogP contribution in [0, 0.1) is 12.8 Å². The van der Waals surface area contributed by atoms with Gasteiger partial charge in [-0.05, 0) is 114 Å². The summed E-state index contributed by atoms with van der Waals surface area (Å²) >= 11 is 0. The lowest BCUT2D eigenvalue weighted by Crippen LogP contribution is -2.59. The second-order valence-corrected chi connectivity index (χ2v) is 17.2. The zero-order chi connectivity index (χ0) is 42.5. The summed E-state index contributed by atoms with van der Waals surface area (Å²) in [7, 11) is 4.18. The van der Waals surface area contributed by atoms with Crippen LogP contribution in [0.4, 0.5) is 10.5 Å². The Hall–Kier alpha value is -5.81. The van der Waals surface area contributed by atoms with Gasteiger partial charge in [0.2, 0.25) is 11.8 Å². The SMILES string of the molecule is Cc1cc(CC(NC(=O)N2CCC(n3c(=O)[nH]c4ncccc43)CC2)C(=O)NC(CC2CCN(CCN(C)C)CC2)C(=O)N2CCN(c3ccncc3)CC2)cc2cn[nH]c12. The average molecular weight is 834 g/mol. The van der Waals surface area contributed by atoms with Crippen LogP contribution < -0.4 is 21.2 Å². The number of likely N-dealkylation sites (tertiary alicyclic amines) is 2. The first-order valence-electron chi connectivity index (χ1n) is 21.7. The Morgan fingerprint density at radius 2 is 1.64 bits per heavy atom. The third-order valence-electron chi connectivity index (χ3n) is 12.8. The van der Waals surface area contributed by atoms with Crippen molar-refractivity contribution in [3.63, 3.8) is 0 Å². The van der Waals surface area contributed by atoms with E-state index in [1.54, 1.807) is 34.3 Å². The maximum absolute atomic E-state index is 14.7. The molecule has 324 valence electrons. The molecule has 17 nitrogen and oxygen atoms in total. The topological polar surface area (TPSA) is 184 Å². The molecule has 5 aromatic rings. The van der Waals surface area contributed by atoms with Gasteiger partial charge in [0.25, 0.3) is 0 Å². The van der Waals surface area contributed by atoms with Crippen LogP contribution in [0.3, 0.4) is 0 Å². The third kappa shape index (κ3) is 9.89. The van der Waals surface area contributed by atoms with Gasteiger partial charge in [-0.1, -0.05) is 6.07 Å². The van der Waals surface area contributed by atoms with E-state index in [0.29, 0.717) is 64.2 Å². The molecule has 0 spiro atoms. The molecule has 8 rings (SSSR count). The predicted molar refractivity (Wildman–Crippen MR) is 234 cm³/mol. The zero-order valence-electron chi connectivity index (χ0n) is 35.6. The minimum absolute atomic E-state index is 0.0803. The van der Waals surface area contributed by atoms with E-state index in [1.165, 1.54) is 0 Å². The maximum atomic E-state index is 14.7. The number of hydrogen-bond donors (Lipinski definition) is 4. The van der Waals surface area contributed by atoms with Crippen molar-refractivity contribution in [1.82, 2.24) is 59.9 Å². The number of fused-ring (bicyclic) bond motifs is 2. The molecule has 0 bridgehead atoms. The van der Waals surface area contributed by atoms with Crippen molar-refractivity contribution in [2.45, 2.75) is 63.6 Å². The second kappa shape index (κ2) is 18.8. The molecular weight excluding hydrogens is 775 g/mol. The molecule has 0 aliphatic carbocycles. The number of piperazine rings is 1. The number of likely N-dealkylation sites (N-methyl/N-ethyl adjacent to an activating group) is 1. The molecule has 4 aromatic heterocycles. The fourth-order valence-corrected chi connectivity index (χ4v) is 9.34. The number of aromatic amines is 2. The molecule has 17 heteroatoms. The number of piperidine rings is 2. The number of rotatable bonds is 13. The summed E-state index contributed by atoms with van der Waals surface area (Å²) < 4.78 is 1.74. The van der Waals surface area contributed by atoms with Gasteiger partial charge in [0, 0.05) is 94.5 Å².